The van der Waals surface area contributed by atoms with Crippen molar-refractivity contribution in [3.8, 4) is 23.0 Å². The number of hydrogen-bond acceptors (Lipinski definition) is 8. The predicted molar refractivity (Wildman–Crippen MR) is 155 cm³/mol. The van der Waals surface area contributed by atoms with E-state index in [0.29, 0.717) is 4.68 Å². The monoisotopic (exact) mass is 752 g/mol. The number of amides is 1. The van der Waals surface area contributed by atoms with E-state index >= 15 is 0 Å². The first-order valence-electron chi connectivity index (χ1n) is 14.9. The van der Waals surface area contributed by atoms with Crippen molar-refractivity contribution in [2.75, 3.05) is 6.73 Å². The van der Waals surface area contributed by atoms with Crippen molar-refractivity contribution in [1.29, 1.82) is 5.26 Å². The number of alkyl halides is 8. The second-order valence-electron chi connectivity index (χ2n) is 11.9. The van der Waals surface area contributed by atoms with Crippen LogP contribution in [0.15, 0.2) is 30.6 Å². The van der Waals surface area contributed by atoms with Crippen LogP contribution in [-0.4, -0.2) is 72.1 Å². The van der Waals surface area contributed by atoms with Gasteiger partial charge in [0.05, 0.1) is 28.8 Å². The molecule has 0 aliphatic heterocycles. The maximum atomic E-state index is 14.2. The predicted octanol–water partition coefficient (Wildman–Crippen LogP) is 6.85. The highest BCUT2D eigenvalue weighted by Gasteiger charge is 2.64. The summed E-state index contributed by atoms with van der Waals surface area (Å²) in [6.07, 6.45) is -10.6. The summed E-state index contributed by atoms with van der Waals surface area (Å²) in [7, 11) is 0.722. The van der Waals surface area contributed by atoms with Crippen molar-refractivity contribution in [1.82, 2.24) is 24.5 Å². The minimum absolute atomic E-state index is 0.0374. The van der Waals surface area contributed by atoms with Crippen LogP contribution in [0, 0.1) is 17.2 Å². The largest absolute Gasteiger partial charge is 0.510 e. The van der Waals surface area contributed by atoms with Gasteiger partial charge in [-0.1, -0.05) is 17.7 Å². The lowest BCUT2D eigenvalue weighted by atomic mass is 9.87. The van der Waals surface area contributed by atoms with Crippen molar-refractivity contribution < 1.29 is 64.1 Å². The Kier molecular flexibility index (Phi) is 9.75. The van der Waals surface area contributed by atoms with Crippen molar-refractivity contribution in [3.05, 3.63) is 52.4 Å². The molecule has 51 heavy (non-hydrogen) atoms. The number of ether oxygens (including phenoxy) is 2. The van der Waals surface area contributed by atoms with Gasteiger partial charge in [-0.3, -0.25) is 14.5 Å². The number of carboxylic acids is 1. The quantitative estimate of drug-likeness (QED) is 0.141. The maximum Gasteiger partial charge on any atom is 0.510 e. The van der Waals surface area contributed by atoms with Gasteiger partial charge in [0.1, 0.15) is 17.2 Å². The summed E-state index contributed by atoms with van der Waals surface area (Å²) < 4.78 is 120. The first-order chi connectivity index (χ1) is 23.7. The number of carbonyl (C=O) groups is 3. The Hall–Kier alpha value is -4.93. The molecule has 2 saturated carbocycles. The first-order valence-corrected chi connectivity index (χ1v) is 15.3. The van der Waals surface area contributed by atoms with Crippen LogP contribution in [0.3, 0.4) is 0 Å². The molecule has 1 aromatic carbocycles. The standard InChI is InChI=1S/C30H25ClF8N6O6/c1-43-23(21(29(34,35)36)22(42-43)28(32,33)30(37,38)39)45-12-17(11-41-45)16-4-7-20(31)19(10-16)24(46)44(27(13-40)8-9-27)14-50-26(49)51-18-5-2-15(3-6-18)25(47)48/h4,7,10-12,15,18H,2-3,5-6,8-9,14H2,1H3,(H,47,48)/t15-,18-. The number of aryl methyl sites for hydroxylation is 1. The normalized spacial score (nSPS) is 18.8. The highest BCUT2D eigenvalue weighted by molar-refractivity contribution is 6.34. The average molecular weight is 753 g/mol. The summed E-state index contributed by atoms with van der Waals surface area (Å²) in [4.78, 5) is 38.4. The molecule has 0 saturated heterocycles. The molecule has 0 atom stereocenters. The van der Waals surface area contributed by atoms with Crippen LogP contribution >= 0.6 is 11.6 Å². The van der Waals surface area contributed by atoms with Gasteiger partial charge < -0.3 is 14.6 Å². The minimum Gasteiger partial charge on any atom is -0.481 e. The number of benzene rings is 1. The molecule has 0 unspecified atom stereocenters. The molecule has 2 aromatic heterocycles. The van der Waals surface area contributed by atoms with Crippen molar-refractivity contribution in [3.63, 3.8) is 0 Å². The fourth-order valence-corrected chi connectivity index (χ4v) is 5.85. The van der Waals surface area contributed by atoms with Crippen LogP contribution < -0.4 is 0 Å². The lowest BCUT2D eigenvalue weighted by molar-refractivity contribution is -0.292. The number of carbonyl (C=O) groups excluding carboxylic acids is 2. The molecule has 0 spiro atoms. The van der Waals surface area contributed by atoms with E-state index in [1.54, 1.807) is 0 Å². The minimum atomic E-state index is -6.40. The van der Waals surface area contributed by atoms with E-state index in [-0.39, 0.29) is 64.9 Å². The summed E-state index contributed by atoms with van der Waals surface area (Å²) in [6.45, 7) is -0.750. The number of carboxylic acid groups (broad SMARTS) is 1. The smallest absolute Gasteiger partial charge is 0.481 e. The van der Waals surface area contributed by atoms with Crippen LogP contribution in [0.1, 0.15) is 60.1 Å². The third-order valence-electron chi connectivity index (χ3n) is 8.57. The van der Waals surface area contributed by atoms with E-state index in [0.717, 1.165) is 24.3 Å². The number of aromatic nitrogens is 4. The number of nitriles is 1. The molecule has 0 radical (unpaired) electrons. The van der Waals surface area contributed by atoms with Gasteiger partial charge in [0.2, 0.25) is 0 Å². The number of aliphatic carboxylic acids is 1. The zero-order valence-corrected chi connectivity index (χ0v) is 26.8. The van der Waals surface area contributed by atoms with E-state index in [2.05, 4.69) is 10.2 Å². The molecule has 12 nitrogen and oxygen atoms in total. The second-order valence-corrected chi connectivity index (χ2v) is 12.3. The Labute approximate surface area is 287 Å². The summed E-state index contributed by atoms with van der Waals surface area (Å²) in [5.41, 5.74) is -6.54. The van der Waals surface area contributed by atoms with Crippen molar-refractivity contribution in [2.24, 2.45) is 13.0 Å². The fraction of sp³-hybridized carbons (Fsp3) is 0.467. The first kappa shape index (κ1) is 37.3. The van der Waals surface area contributed by atoms with Crippen LogP contribution in [0.25, 0.3) is 16.9 Å². The van der Waals surface area contributed by atoms with E-state index in [1.807, 2.05) is 6.07 Å². The topological polar surface area (TPSA) is 153 Å². The van der Waals surface area contributed by atoms with Gasteiger partial charge >= 0.3 is 30.4 Å². The molecule has 1 amide bonds. The van der Waals surface area contributed by atoms with E-state index in [1.165, 1.54) is 18.2 Å². The SMILES string of the molecule is Cn1nc(C(F)(F)C(F)(F)F)c(C(F)(F)F)c1-n1cc(-c2ccc(Cl)c(C(=O)N(COC(=O)O[C@H]3CC[C@H](C(=O)O)CC3)C3(C#N)CC3)c2)cn1. The zero-order valence-electron chi connectivity index (χ0n) is 26.1. The highest BCUT2D eigenvalue weighted by atomic mass is 35.5. The Morgan fingerprint density at radius 3 is 2.27 bits per heavy atom. The van der Waals surface area contributed by atoms with Crippen LogP contribution in [0.5, 0.6) is 0 Å². The summed E-state index contributed by atoms with van der Waals surface area (Å²) >= 11 is 6.31. The molecule has 1 N–H and O–H groups in total. The summed E-state index contributed by atoms with van der Waals surface area (Å²) in [5, 5.41) is 25.4. The Morgan fingerprint density at radius 2 is 1.73 bits per heavy atom. The molecular formula is C30H25ClF8N6O6. The third kappa shape index (κ3) is 7.29. The Morgan fingerprint density at radius 1 is 1.08 bits per heavy atom. The van der Waals surface area contributed by atoms with Gasteiger partial charge in [-0.25, -0.2) is 14.2 Å². The molecule has 2 heterocycles. The maximum absolute atomic E-state index is 14.2. The molecule has 2 aliphatic carbocycles. The van der Waals surface area contributed by atoms with Gasteiger partial charge in [-0.15, -0.1) is 0 Å². The molecule has 274 valence electrons. The van der Waals surface area contributed by atoms with Gasteiger partial charge in [-0.2, -0.15) is 50.6 Å². The van der Waals surface area contributed by atoms with E-state index in [9.17, 15) is 54.8 Å². The molecule has 21 heteroatoms. The van der Waals surface area contributed by atoms with E-state index < -0.39 is 77.7 Å². The molecule has 2 fully saturated rings. The molecule has 3 aromatic rings. The Bertz CT molecular complexity index is 1890. The average Bonchev–Trinajstić information content (AvgIpc) is 3.51. The van der Waals surface area contributed by atoms with Crippen molar-refractivity contribution in [2.45, 2.75) is 68.4 Å². The van der Waals surface area contributed by atoms with Crippen LogP contribution in [0.2, 0.25) is 5.02 Å². The lowest BCUT2D eigenvalue weighted by Crippen LogP contribution is -2.44. The third-order valence-corrected chi connectivity index (χ3v) is 8.90. The number of nitrogens with zero attached hydrogens (tertiary/aromatic N) is 6. The lowest BCUT2D eigenvalue weighted by Gasteiger charge is -2.28. The van der Waals surface area contributed by atoms with E-state index in [4.69, 9.17) is 26.2 Å². The highest BCUT2D eigenvalue weighted by Crippen LogP contribution is 2.49. The number of hydrogen-bond donors (Lipinski definition) is 1. The van der Waals surface area contributed by atoms with Gasteiger partial charge in [0, 0.05) is 18.8 Å². The fourth-order valence-electron chi connectivity index (χ4n) is 5.65. The molecular weight excluding hydrogens is 728 g/mol. The van der Waals surface area contributed by atoms with Crippen LogP contribution in [0.4, 0.5) is 39.9 Å². The zero-order chi connectivity index (χ0) is 37.7. The Balaban J connectivity index is 1.40. The van der Waals surface area contributed by atoms with Gasteiger partial charge in [-0.05, 0) is 56.2 Å². The number of halogens is 9. The molecule has 2 aliphatic rings. The number of rotatable bonds is 9. The van der Waals surface area contributed by atoms with Crippen LogP contribution in [-0.2, 0) is 33.4 Å². The van der Waals surface area contributed by atoms with Crippen molar-refractivity contribution >= 4 is 29.6 Å². The van der Waals surface area contributed by atoms with Gasteiger partial charge in [0.15, 0.2) is 18.2 Å². The summed E-state index contributed by atoms with van der Waals surface area (Å²) in [6, 6.07) is 5.70. The molecule has 5 rings (SSSR count). The second kappa shape index (κ2) is 13.3. The summed E-state index contributed by atoms with van der Waals surface area (Å²) in [5.74, 6) is -9.64. The molecule has 0 bridgehead atoms. The van der Waals surface area contributed by atoms with Gasteiger partial charge in [0.25, 0.3) is 5.91 Å².